The monoisotopic (exact) mass is 527 g/mol. The third-order valence-corrected chi connectivity index (χ3v) is 8.14. The molecule has 5 nitrogen and oxygen atoms in total. The van der Waals surface area contributed by atoms with E-state index < -0.39 is 0 Å². The minimum Gasteiger partial charge on any atom is -0.489 e. The van der Waals surface area contributed by atoms with Gasteiger partial charge in [0.25, 0.3) is 0 Å². The molecule has 1 aromatic heterocycles. The largest absolute Gasteiger partial charge is 0.489 e. The fourth-order valence-corrected chi connectivity index (χ4v) is 5.55. The first-order chi connectivity index (χ1) is 18.7. The van der Waals surface area contributed by atoms with Crippen molar-refractivity contribution in [2.24, 2.45) is 0 Å². The highest BCUT2D eigenvalue weighted by Crippen LogP contribution is 2.32. The minimum absolute atomic E-state index is 0.160. The van der Waals surface area contributed by atoms with E-state index in [4.69, 9.17) is 9.72 Å². The zero-order valence-corrected chi connectivity index (χ0v) is 24.9. The smallest absolute Gasteiger partial charge is 0.219 e. The second-order valence-electron chi connectivity index (χ2n) is 11.1. The Hall–Kier alpha value is -3.18. The van der Waals surface area contributed by atoms with Gasteiger partial charge in [-0.3, -0.25) is 14.7 Å². The first kappa shape index (κ1) is 28.8. The topological polar surface area (TPSA) is 45.7 Å². The maximum absolute atomic E-state index is 11.9. The van der Waals surface area contributed by atoms with E-state index in [0.717, 1.165) is 73.8 Å². The number of ether oxygens (including phenoxy) is 1. The Balaban J connectivity index is 1.71. The second-order valence-corrected chi connectivity index (χ2v) is 11.1. The van der Waals surface area contributed by atoms with Gasteiger partial charge in [0.2, 0.25) is 5.91 Å². The molecule has 1 amide bonds. The van der Waals surface area contributed by atoms with Gasteiger partial charge in [0.1, 0.15) is 12.4 Å². The summed E-state index contributed by atoms with van der Waals surface area (Å²) in [6, 6.07) is 15.5. The molecule has 0 atom stereocenters. The molecular formula is C34H45N3O2. The molecule has 2 aromatic carbocycles. The van der Waals surface area contributed by atoms with Crippen LogP contribution < -0.4 is 4.74 Å². The number of piperazine rings is 1. The second kappa shape index (κ2) is 12.8. The van der Waals surface area contributed by atoms with E-state index in [1.807, 2.05) is 4.90 Å². The van der Waals surface area contributed by atoms with Gasteiger partial charge in [-0.1, -0.05) is 58.0 Å². The maximum atomic E-state index is 11.9. The highest BCUT2D eigenvalue weighted by molar-refractivity contribution is 5.73. The van der Waals surface area contributed by atoms with Crippen LogP contribution in [0.4, 0.5) is 0 Å². The molecule has 1 aliphatic heterocycles. The van der Waals surface area contributed by atoms with E-state index in [1.165, 1.54) is 27.8 Å². The standard InChI is InChI=1S/C34H45N3O2/c1-8-27-11-10-12-28(9-2)34(27)32-19-30(21-36-15-17-37(18-16-36)26(7)38)31(25(6)35-32)22-39-33-20-29(23(3)4)14-13-24(33)5/h10-14,19-20,23H,8-9,15-18,21-22H2,1-7H3. The molecule has 1 aliphatic rings. The van der Waals surface area contributed by atoms with Crippen LogP contribution in [-0.4, -0.2) is 46.9 Å². The van der Waals surface area contributed by atoms with Crippen LogP contribution in [0.1, 0.15) is 79.6 Å². The van der Waals surface area contributed by atoms with E-state index in [9.17, 15) is 4.79 Å². The van der Waals surface area contributed by atoms with Gasteiger partial charge in [0.15, 0.2) is 0 Å². The number of benzene rings is 2. The molecule has 3 aromatic rings. The van der Waals surface area contributed by atoms with Crippen molar-refractivity contribution in [3.63, 3.8) is 0 Å². The zero-order valence-electron chi connectivity index (χ0n) is 24.9. The van der Waals surface area contributed by atoms with Crippen molar-refractivity contribution in [1.82, 2.24) is 14.8 Å². The quantitative estimate of drug-likeness (QED) is 0.305. The molecule has 0 bridgehead atoms. The normalized spacial score (nSPS) is 14.2. The van der Waals surface area contributed by atoms with Crippen molar-refractivity contribution in [2.75, 3.05) is 26.2 Å². The molecule has 0 radical (unpaired) electrons. The van der Waals surface area contributed by atoms with Crippen LogP contribution in [0.15, 0.2) is 42.5 Å². The van der Waals surface area contributed by atoms with Crippen LogP contribution in [0.5, 0.6) is 5.75 Å². The van der Waals surface area contributed by atoms with Gasteiger partial charge in [-0.2, -0.15) is 0 Å². The third kappa shape index (κ3) is 6.70. The van der Waals surface area contributed by atoms with Crippen molar-refractivity contribution < 1.29 is 9.53 Å². The van der Waals surface area contributed by atoms with E-state index in [2.05, 4.69) is 88.9 Å². The molecule has 1 fully saturated rings. The van der Waals surface area contributed by atoms with Gasteiger partial charge >= 0.3 is 0 Å². The Kier molecular flexibility index (Phi) is 9.45. The van der Waals surface area contributed by atoms with Crippen molar-refractivity contribution >= 4 is 5.91 Å². The summed E-state index contributed by atoms with van der Waals surface area (Å²) in [4.78, 5) is 21.5. The van der Waals surface area contributed by atoms with Gasteiger partial charge in [-0.05, 0) is 72.6 Å². The summed E-state index contributed by atoms with van der Waals surface area (Å²) in [6.07, 6.45) is 1.95. The summed E-state index contributed by atoms with van der Waals surface area (Å²) in [5.41, 5.74) is 10.9. The van der Waals surface area contributed by atoms with E-state index in [-0.39, 0.29) is 5.91 Å². The maximum Gasteiger partial charge on any atom is 0.219 e. The first-order valence-electron chi connectivity index (χ1n) is 14.5. The zero-order chi connectivity index (χ0) is 28.1. The molecule has 208 valence electrons. The number of aromatic nitrogens is 1. The fraction of sp³-hybridized carbons (Fsp3) is 0.471. The van der Waals surface area contributed by atoms with Crippen molar-refractivity contribution in [1.29, 1.82) is 0 Å². The van der Waals surface area contributed by atoms with E-state index >= 15 is 0 Å². The number of carbonyl (C=O) groups is 1. The SMILES string of the molecule is CCc1cccc(CC)c1-c1cc(CN2CCN(C(C)=O)CC2)c(COc2cc(C(C)C)ccc2C)c(C)n1. The van der Waals surface area contributed by atoms with Crippen molar-refractivity contribution in [3.8, 4) is 17.0 Å². The van der Waals surface area contributed by atoms with E-state index in [0.29, 0.717) is 12.5 Å². The number of hydrogen-bond donors (Lipinski definition) is 0. The lowest BCUT2D eigenvalue weighted by atomic mass is 9.93. The summed E-state index contributed by atoms with van der Waals surface area (Å²) in [6.45, 7) is 19.4. The molecule has 0 N–H and O–H groups in total. The molecule has 2 heterocycles. The number of carbonyl (C=O) groups excluding carboxylic acids is 1. The Morgan fingerprint density at radius 1 is 0.949 bits per heavy atom. The number of aryl methyl sites for hydroxylation is 4. The van der Waals surface area contributed by atoms with Crippen LogP contribution in [0.2, 0.25) is 0 Å². The Bertz CT molecular complexity index is 1280. The van der Waals surface area contributed by atoms with Gasteiger partial charge in [0.05, 0.1) is 5.69 Å². The molecule has 0 unspecified atom stereocenters. The number of pyridine rings is 1. The highest BCUT2D eigenvalue weighted by Gasteiger charge is 2.22. The number of hydrogen-bond acceptors (Lipinski definition) is 4. The fourth-order valence-electron chi connectivity index (χ4n) is 5.55. The Morgan fingerprint density at radius 3 is 2.21 bits per heavy atom. The molecule has 0 saturated carbocycles. The summed E-state index contributed by atoms with van der Waals surface area (Å²) in [5, 5.41) is 0. The molecule has 1 saturated heterocycles. The Morgan fingerprint density at radius 2 is 1.62 bits per heavy atom. The van der Waals surface area contributed by atoms with Gasteiger partial charge < -0.3 is 9.64 Å². The van der Waals surface area contributed by atoms with Crippen LogP contribution >= 0.6 is 0 Å². The minimum atomic E-state index is 0.160. The summed E-state index contributed by atoms with van der Waals surface area (Å²) < 4.78 is 6.50. The van der Waals surface area contributed by atoms with Crippen LogP contribution in [0.3, 0.4) is 0 Å². The lowest BCUT2D eigenvalue weighted by molar-refractivity contribution is -0.130. The average molecular weight is 528 g/mol. The molecule has 0 spiro atoms. The lowest BCUT2D eigenvalue weighted by Crippen LogP contribution is -2.47. The lowest BCUT2D eigenvalue weighted by Gasteiger charge is -2.34. The number of rotatable bonds is 9. The molecule has 5 heteroatoms. The van der Waals surface area contributed by atoms with Crippen LogP contribution in [0.25, 0.3) is 11.3 Å². The number of nitrogens with zero attached hydrogens (tertiary/aromatic N) is 3. The van der Waals surface area contributed by atoms with Gasteiger partial charge in [-0.25, -0.2) is 0 Å². The van der Waals surface area contributed by atoms with Crippen LogP contribution in [0, 0.1) is 13.8 Å². The van der Waals surface area contributed by atoms with Crippen LogP contribution in [-0.2, 0) is 30.8 Å². The average Bonchev–Trinajstić information content (AvgIpc) is 2.92. The van der Waals surface area contributed by atoms with E-state index in [1.54, 1.807) is 6.92 Å². The predicted octanol–water partition coefficient (Wildman–Crippen LogP) is 6.86. The Labute approximate surface area is 235 Å². The number of amides is 1. The van der Waals surface area contributed by atoms with Crippen molar-refractivity contribution in [2.45, 2.75) is 80.4 Å². The highest BCUT2D eigenvalue weighted by atomic mass is 16.5. The molecule has 39 heavy (non-hydrogen) atoms. The van der Waals surface area contributed by atoms with Gasteiger partial charge in [-0.15, -0.1) is 0 Å². The van der Waals surface area contributed by atoms with Gasteiger partial charge in [0, 0.05) is 56.5 Å². The predicted molar refractivity (Wildman–Crippen MR) is 160 cm³/mol. The molecular weight excluding hydrogens is 482 g/mol. The first-order valence-corrected chi connectivity index (χ1v) is 14.5. The summed E-state index contributed by atoms with van der Waals surface area (Å²) in [7, 11) is 0. The summed E-state index contributed by atoms with van der Waals surface area (Å²) in [5.74, 6) is 1.55. The third-order valence-electron chi connectivity index (χ3n) is 8.14. The molecule has 4 rings (SSSR count). The van der Waals surface area contributed by atoms with Crippen molar-refractivity contribution in [3.05, 3.63) is 81.5 Å². The molecule has 0 aliphatic carbocycles. The summed E-state index contributed by atoms with van der Waals surface area (Å²) >= 11 is 0.